The highest BCUT2D eigenvalue weighted by atomic mass is 16.5. The van der Waals surface area contributed by atoms with Crippen molar-refractivity contribution in [3.63, 3.8) is 0 Å². The van der Waals surface area contributed by atoms with Crippen LogP contribution in [0.3, 0.4) is 0 Å². The van der Waals surface area contributed by atoms with Crippen molar-refractivity contribution < 1.29 is 14.6 Å². The molecule has 1 rings (SSSR count). The smallest absolute Gasteiger partial charge is 0.309 e. The van der Waals surface area contributed by atoms with E-state index in [1.165, 1.54) is 0 Å². The fourth-order valence-electron chi connectivity index (χ4n) is 2.96. The third kappa shape index (κ3) is 5.11. The Labute approximate surface area is 117 Å². The van der Waals surface area contributed by atoms with Gasteiger partial charge in [0.25, 0.3) is 0 Å². The Morgan fingerprint density at radius 1 is 1.21 bits per heavy atom. The number of carboxylic acid groups (broad SMARTS) is 1. The maximum absolute atomic E-state index is 11.1. The van der Waals surface area contributed by atoms with Crippen LogP contribution in [0.4, 0.5) is 0 Å². The zero-order valence-electron chi connectivity index (χ0n) is 13.2. The number of morpholine rings is 1. The summed E-state index contributed by atoms with van der Waals surface area (Å²) in [5, 5.41) is 9.11. The highest BCUT2D eigenvalue weighted by Gasteiger charge is 2.38. The summed E-state index contributed by atoms with van der Waals surface area (Å²) < 4.78 is 6.04. The highest BCUT2D eigenvalue weighted by molar-refractivity contribution is 5.73. The van der Waals surface area contributed by atoms with Gasteiger partial charge in [-0.3, -0.25) is 9.69 Å². The lowest BCUT2D eigenvalue weighted by atomic mass is 9.88. The van der Waals surface area contributed by atoms with Gasteiger partial charge in [-0.1, -0.05) is 0 Å². The number of aliphatic carboxylic acids is 1. The molecule has 0 spiro atoms. The van der Waals surface area contributed by atoms with Crippen molar-refractivity contribution in [3.8, 4) is 0 Å². The van der Waals surface area contributed by atoms with E-state index in [2.05, 4.69) is 32.6 Å². The molecule has 4 nitrogen and oxygen atoms in total. The third-order valence-corrected chi connectivity index (χ3v) is 3.62. The molecule has 0 radical (unpaired) electrons. The number of nitrogens with zero attached hydrogens (tertiary/aromatic N) is 1. The second kappa shape index (κ2) is 5.41. The molecule has 0 amide bonds. The molecule has 112 valence electrons. The first-order valence-electron chi connectivity index (χ1n) is 7.10. The molecule has 19 heavy (non-hydrogen) atoms. The predicted molar refractivity (Wildman–Crippen MR) is 76.3 cm³/mol. The molecular weight excluding hydrogens is 242 g/mol. The van der Waals surface area contributed by atoms with E-state index in [1.54, 1.807) is 13.8 Å². The van der Waals surface area contributed by atoms with Crippen molar-refractivity contribution in [2.45, 2.75) is 65.6 Å². The highest BCUT2D eigenvalue weighted by Crippen LogP contribution is 2.29. The SMILES string of the molecule is CC1(C)CN(CCCC(C)(C)C(=O)O)CC(C)(C)O1. The van der Waals surface area contributed by atoms with E-state index in [1.807, 2.05) is 0 Å². The summed E-state index contributed by atoms with van der Waals surface area (Å²) >= 11 is 0. The summed E-state index contributed by atoms with van der Waals surface area (Å²) in [6.45, 7) is 14.8. The molecule has 0 aromatic rings. The van der Waals surface area contributed by atoms with Crippen LogP contribution in [0.15, 0.2) is 0 Å². The molecule has 1 fully saturated rings. The zero-order valence-corrected chi connectivity index (χ0v) is 13.2. The fraction of sp³-hybridized carbons (Fsp3) is 0.933. The zero-order chi connectivity index (χ0) is 14.9. The van der Waals surface area contributed by atoms with Gasteiger partial charge in [0.2, 0.25) is 0 Å². The normalized spacial score (nSPS) is 23.3. The lowest BCUT2D eigenvalue weighted by Crippen LogP contribution is -2.57. The van der Waals surface area contributed by atoms with E-state index in [4.69, 9.17) is 9.84 Å². The van der Waals surface area contributed by atoms with Gasteiger partial charge in [-0.15, -0.1) is 0 Å². The van der Waals surface area contributed by atoms with Crippen LogP contribution < -0.4 is 0 Å². The Morgan fingerprint density at radius 2 is 1.68 bits per heavy atom. The average molecular weight is 271 g/mol. The second-order valence-electron chi connectivity index (χ2n) is 7.62. The molecule has 0 saturated carbocycles. The topological polar surface area (TPSA) is 49.8 Å². The van der Waals surface area contributed by atoms with Crippen molar-refractivity contribution >= 4 is 5.97 Å². The monoisotopic (exact) mass is 271 g/mol. The summed E-state index contributed by atoms with van der Waals surface area (Å²) in [5.41, 5.74) is -0.897. The van der Waals surface area contributed by atoms with Gasteiger partial charge in [0, 0.05) is 13.1 Å². The van der Waals surface area contributed by atoms with Gasteiger partial charge < -0.3 is 9.84 Å². The summed E-state index contributed by atoms with van der Waals surface area (Å²) in [4.78, 5) is 13.5. The molecule has 1 aliphatic heterocycles. The maximum atomic E-state index is 11.1. The first-order valence-corrected chi connectivity index (χ1v) is 7.10. The molecule has 0 bridgehead atoms. The van der Waals surface area contributed by atoms with Crippen LogP contribution in [0.25, 0.3) is 0 Å². The van der Waals surface area contributed by atoms with E-state index < -0.39 is 11.4 Å². The largest absolute Gasteiger partial charge is 0.481 e. The van der Waals surface area contributed by atoms with Crippen LogP contribution in [0.5, 0.6) is 0 Å². The van der Waals surface area contributed by atoms with Crippen molar-refractivity contribution in [2.24, 2.45) is 5.41 Å². The standard InChI is InChI=1S/C15H29NO3/c1-13(2,12(17)18)8-7-9-16-10-14(3,4)19-15(5,6)11-16/h7-11H2,1-6H3,(H,17,18). The van der Waals surface area contributed by atoms with Crippen LogP contribution in [-0.4, -0.2) is 46.8 Å². The minimum atomic E-state index is -0.713. The van der Waals surface area contributed by atoms with Gasteiger partial charge in [0.15, 0.2) is 0 Å². The van der Waals surface area contributed by atoms with Crippen LogP contribution >= 0.6 is 0 Å². The van der Waals surface area contributed by atoms with Crippen molar-refractivity contribution in [2.75, 3.05) is 19.6 Å². The molecule has 0 aromatic carbocycles. The van der Waals surface area contributed by atoms with E-state index in [9.17, 15) is 4.79 Å². The minimum absolute atomic E-state index is 0.135. The fourth-order valence-corrected chi connectivity index (χ4v) is 2.96. The first kappa shape index (κ1) is 16.4. The Kier molecular flexibility index (Phi) is 4.68. The van der Waals surface area contributed by atoms with E-state index in [0.717, 1.165) is 26.1 Å². The molecule has 1 N–H and O–H groups in total. The van der Waals surface area contributed by atoms with E-state index in [-0.39, 0.29) is 11.2 Å². The molecule has 0 aliphatic carbocycles. The van der Waals surface area contributed by atoms with E-state index in [0.29, 0.717) is 6.42 Å². The van der Waals surface area contributed by atoms with Gasteiger partial charge in [-0.2, -0.15) is 0 Å². The number of carboxylic acids is 1. The molecule has 1 saturated heterocycles. The third-order valence-electron chi connectivity index (χ3n) is 3.62. The first-order chi connectivity index (χ1) is 8.44. The van der Waals surface area contributed by atoms with E-state index >= 15 is 0 Å². The number of ether oxygens (including phenoxy) is 1. The summed E-state index contributed by atoms with van der Waals surface area (Å²) in [6, 6.07) is 0. The van der Waals surface area contributed by atoms with Crippen molar-refractivity contribution in [1.82, 2.24) is 4.90 Å². The van der Waals surface area contributed by atoms with Crippen molar-refractivity contribution in [3.05, 3.63) is 0 Å². The quantitative estimate of drug-likeness (QED) is 0.835. The Balaban J connectivity index is 2.47. The molecule has 1 aliphatic rings. The number of rotatable bonds is 5. The van der Waals surface area contributed by atoms with Crippen LogP contribution in [0.1, 0.15) is 54.4 Å². The van der Waals surface area contributed by atoms with Gasteiger partial charge in [-0.25, -0.2) is 0 Å². The molecular formula is C15H29NO3. The van der Waals surface area contributed by atoms with Crippen LogP contribution in [0, 0.1) is 5.41 Å². The maximum Gasteiger partial charge on any atom is 0.309 e. The van der Waals surface area contributed by atoms with Crippen LogP contribution in [0.2, 0.25) is 0 Å². The molecule has 1 heterocycles. The summed E-state index contributed by atoms with van der Waals surface area (Å²) in [7, 11) is 0. The average Bonchev–Trinajstić information content (AvgIpc) is 2.11. The number of hydrogen-bond acceptors (Lipinski definition) is 3. The Hall–Kier alpha value is -0.610. The van der Waals surface area contributed by atoms with Crippen LogP contribution in [-0.2, 0) is 9.53 Å². The number of hydrogen-bond donors (Lipinski definition) is 1. The summed E-state index contributed by atoms with van der Waals surface area (Å²) in [5.74, 6) is -0.713. The predicted octanol–water partition coefficient (Wildman–Crippen LogP) is 2.77. The number of carbonyl (C=O) groups is 1. The molecule has 0 aromatic heterocycles. The van der Waals surface area contributed by atoms with Crippen molar-refractivity contribution in [1.29, 1.82) is 0 Å². The van der Waals surface area contributed by atoms with Gasteiger partial charge in [0.05, 0.1) is 16.6 Å². The molecule has 4 heteroatoms. The lowest BCUT2D eigenvalue weighted by molar-refractivity contribution is -0.180. The van der Waals surface area contributed by atoms with Gasteiger partial charge >= 0.3 is 5.97 Å². The second-order valence-corrected chi connectivity index (χ2v) is 7.62. The lowest BCUT2D eigenvalue weighted by Gasteiger charge is -2.47. The molecule has 0 atom stereocenters. The molecule has 0 unspecified atom stereocenters. The summed E-state index contributed by atoms with van der Waals surface area (Å²) in [6.07, 6.45) is 1.62. The van der Waals surface area contributed by atoms with Gasteiger partial charge in [-0.05, 0) is 60.9 Å². The van der Waals surface area contributed by atoms with Gasteiger partial charge in [0.1, 0.15) is 0 Å². The Morgan fingerprint density at radius 3 is 2.11 bits per heavy atom. The Bertz CT molecular complexity index is 318. The minimum Gasteiger partial charge on any atom is -0.481 e.